The Morgan fingerprint density at radius 2 is 1.28 bits per heavy atom. The summed E-state index contributed by atoms with van der Waals surface area (Å²) in [4.78, 5) is 23.5. The third-order valence-corrected chi connectivity index (χ3v) is 6.10. The molecule has 3 aliphatic rings. The van der Waals surface area contributed by atoms with Gasteiger partial charge < -0.3 is 27.9 Å². The molecule has 2 aromatic rings. The van der Waals surface area contributed by atoms with Gasteiger partial charge in [-0.05, 0) is 11.1 Å². The van der Waals surface area contributed by atoms with E-state index in [1.54, 1.807) is 0 Å². The monoisotopic (exact) mass is 378 g/mol. The Labute approximate surface area is 148 Å². The molecule has 2 aromatic carbocycles. The summed E-state index contributed by atoms with van der Waals surface area (Å²) in [6.45, 7) is 0.892. The highest BCUT2D eigenvalue weighted by molar-refractivity contribution is 7.41. The quantitative estimate of drug-likeness (QED) is 0.742. The highest BCUT2D eigenvalue weighted by Crippen LogP contribution is 2.62. The number of rotatable bonds is 5. The molecule has 0 unspecified atom stereocenters. The van der Waals surface area contributed by atoms with Crippen LogP contribution < -0.4 is 9.79 Å². The van der Waals surface area contributed by atoms with Gasteiger partial charge in [-0.25, -0.2) is 0 Å². The van der Waals surface area contributed by atoms with Crippen molar-refractivity contribution in [1.29, 1.82) is 0 Å². The molecule has 3 heterocycles. The summed E-state index contributed by atoms with van der Waals surface area (Å²) in [5.41, 5.74) is -0.692. The van der Waals surface area contributed by atoms with Crippen LogP contribution in [0, 0.1) is 5.41 Å². The Morgan fingerprint density at radius 1 is 0.840 bits per heavy atom. The van der Waals surface area contributed by atoms with E-state index in [-0.39, 0.29) is 0 Å². The van der Waals surface area contributed by atoms with Gasteiger partial charge in [-0.1, -0.05) is 60.7 Å². The van der Waals surface area contributed by atoms with Crippen LogP contribution in [-0.2, 0) is 23.7 Å². The fourth-order valence-corrected chi connectivity index (χ4v) is 5.42. The van der Waals surface area contributed by atoms with Crippen LogP contribution in [0.2, 0.25) is 0 Å². The van der Waals surface area contributed by atoms with E-state index >= 15 is 0 Å². The predicted octanol–water partition coefficient (Wildman–Crippen LogP) is 2.18. The van der Waals surface area contributed by atoms with Crippen molar-refractivity contribution in [3.8, 4) is 0 Å². The highest BCUT2D eigenvalue weighted by Gasteiger charge is 2.60. The van der Waals surface area contributed by atoms with E-state index in [2.05, 4.69) is 0 Å². The summed E-state index contributed by atoms with van der Waals surface area (Å²) in [6.07, 6.45) is 0. The third kappa shape index (κ3) is 2.93. The van der Waals surface area contributed by atoms with Crippen molar-refractivity contribution in [1.82, 2.24) is 0 Å². The number of fused-ring (bicyclic) bond motifs is 3. The Hall–Kier alpha value is -0.940. The normalized spacial score (nSPS) is 26.1. The number of benzene rings is 2. The van der Waals surface area contributed by atoms with Crippen LogP contribution in [0.15, 0.2) is 60.7 Å². The summed E-state index contributed by atoms with van der Waals surface area (Å²) in [5.74, 6) is 0. The van der Waals surface area contributed by atoms with Crippen LogP contribution in [0.3, 0.4) is 0 Å². The molecule has 5 rings (SSSR count). The van der Waals surface area contributed by atoms with Gasteiger partial charge >= 0.3 is 8.60 Å². The SMILES string of the molecule is [O-]P([O-])OC(c1ccccc1)(c1ccccc1)C12COP(OC1)OC2. The average molecular weight is 378 g/mol. The molecule has 0 radical (unpaired) electrons. The van der Waals surface area contributed by atoms with Crippen molar-refractivity contribution in [2.24, 2.45) is 5.41 Å². The molecular formula is C17H16O6P2-2. The molecule has 0 aliphatic carbocycles. The minimum Gasteiger partial charge on any atom is -0.820 e. The first-order valence-electron chi connectivity index (χ1n) is 7.80. The zero-order chi connectivity index (χ0) is 17.3. The third-order valence-electron chi connectivity index (χ3n) is 4.66. The molecule has 3 fully saturated rings. The molecule has 25 heavy (non-hydrogen) atoms. The second kappa shape index (κ2) is 6.99. The van der Waals surface area contributed by atoms with Gasteiger partial charge in [0.2, 0.25) is 0 Å². The van der Waals surface area contributed by atoms with Gasteiger partial charge in [0.1, 0.15) is 5.60 Å². The molecule has 6 nitrogen and oxygen atoms in total. The summed E-state index contributed by atoms with van der Waals surface area (Å²) < 4.78 is 22.7. The van der Waals surface area contributed by atoms with Gasteiger partial charge in [0.25, 0.3) is 0 Å². The fraction of sp³-hybridized carbons (Fsp3) is 0.294. The Balaban J connectivity index is 1.95. The maximum atomic E-state index is 11.8. The van der Waals surface area contributed by atoms with Crippen LogP contribution >= 0.6 is 17.2 Å². The van der Waals surface area contributed by atoms with E-state index in [9.17, 15) is 9.79 Å². The largest absolute Gasteiger partial charge is 0.820 e. The average Bonchev–Trinajstić information content (AvgIpc) is 2.68. The summed E-state index contributed by atoms with van der Waals surface area (Å²) in [5, 5.41) is 0. The molecule has 2 bridgehead atoms. The van der Waals surface area contributed by atoms with E-state index in [1.807, 2.05) is 60.7 Å². The van der Waals surface area contributed by atoms with E-state index in [0.717, 1.165) is 0 Å². The first-order valence-corrected chi connectivity index (χ1v) is 9.99. The molecule has 3 saturated heterocycles. The molecule has 132 valence electrons. The number of hydrogen-bond acceptors (Lipinski definition) is 6. The van der Waals surface area contributed by atoms with Gasteiger partial charge in [-0.3, -0.25) is 0 Å². The Morgan fingerprint density at radius 3 is 1.68 bits per heavy atom. The lowest BCUT2D eigenvalue weighted by molar-refractivity contribution is -0.333. The highest BCUT2D eigenvalue weighted by atomic mass is 31.2. The van der Waals surface area contributed by atoms with Gasteiger partial charge in [0.05, 0.1) is 25.2 Å². The van der Waals surface area contributed by atoms with Crippen LogP contribution in [0.25, 0.3) is 0 Å². The molecule has 0 aromatic heterocycles. The van der Waals surface area contributed by atoms with Gasteiger partial charge in [-0.15, -0.1) is 0 Å². The lowest BCUT2D eigenvalue weighted by Crippen LogP contribution is -2.59. The van der Waals surface area contributed by atoms with Crippen molar-refractivity contribution in [3.05, 3.63) is 71.8 Å². The lowest BCUT2D eigenvalue weighted by atomic mass is 9.66. The van der Waals surface area contributed by atoms with Gasteiger partial charge in [-0.2, -0.15) is 8.60 Å². The van der Waals surface area contributed by atoms with E-state index in [0.29, 0.717) is 30.9 Å². The second-order valence-corrected chi connectivity index (χ2v) is 7.90. The standard InChI is InChI=1S/C17H16O6P2/c18-24(19)23-17(14-7-3-1-4-8-14,15-9-5-2-6-10-15)16-11-20-25(21-12-16)22-13-16/h1-10H,11-13H2/q-2. The molecule has 0 atom stereocenters. The molecular weight excluding hydrogens is 362 g/mol. The van der Waals surface area contributed by atoms with Crippen molar-refractivity contribution >= 4 is 17.2 Å². The second-order valence-electron chi connectivity index (χ2n) is 6.05. The predicted molar refractivity (Wildman–Crippen MR) is 88.9 cm³/mol. The van der Waals surface area contributed by atoms with E-state index < -0.39 is 28.2 Å². The molecule has 8 heteroatoms. The molecule has 3 aliphatic heterocycles. The maximum Gasteiger partial charge on any atom is 0.332 e. The smallest absolute Gasteiger partial charge is 0.332 e. The van der Waals surface area contributed by atoms with Crippen LogP contribution in [-0.4, -0.2) is 19.8 Å². The first-order chi connectivity index (χ1) is 12.2. The molecule has 0 N–H and O–H groups in total. The molecule has 0 amide bonds. The number of hydrogen-bond donors (Lipinski definition) is 0. The maximum absolute atomic E-state index is 11.8. The lowest BCUT2D eigenvalue weighted by Gasteiger charge is -2.57. The minimum absolute atomic E-state index is 0.297. The van der Waals surface area contributed by atoms with Crippen LogP contribution in [0.1, 0.15) is 11.1 Å². The fourth-order valence-electron chi connectivity index (χ4n) is 3.51. The van der Waals surface area contributed by atoms with Gasteiger partial charge in [0, 0.05) is 0 Å². The molecule has 0 spiro atoms. The molecule has 0 saturated carbocycles. The van der Waals surface area contributed by atoms with Crippen molar-refractivity contribution in [2.45, 2.75) is 5.60 Å². The summed E-state index contributed by atoms with van der Waals surface area (Å²) >= 11 is 0. The zero-order valence-electron chi connectivity index (χ0n) is 13.2. The topological polar surface area (TPSA) is 83.0 Å². The Kier molecular flexibility index (Phi) is 4.89. The van der Waals surface area contributed by atoms with E-state index in [1.165, 1.54) is 0 Å². The van der Waals surface area contributed by atoms with Crippen molar-refractivity contribution < 1.29 is 27.9 Å². The Bertz CT molecular complexity index is 650. The summed E-state index contributed by atoms with van der Waals surface area (Å²) in [7, 11) is -4.49. The minimum atomic E-state index is -3.14. The summed E-state index contributed by atoms with van der Waals surface area (Å²) in [6, 6.07) is 18.6. The van der Waals surface area contributed by atoms with Crippen LogP contribution in [0.4, 0.5) is 0 Å². The van der Waals surface area contributed by atoms with Crippen molar-refractivity contribution in [2.75, 3.05) is 19.8 Å². The van der Waals surface area contributed by atoms with Crippen molar-refractivity contribution in [3.63, 3.8) is 0 Å². The van der Waals surface area contributed by atoms with Gasteiger partial charge in [0.15, 0.2) is 0 Å². The van der Waals surface area contributed by atoms with Crippen LogP contribution in [0.5, 0.6) is 0 Å². The van der Waals surface area contributed by atoms with E-state index in [4.69, 9.17) is 18.1 Å². The first kappa shape index (κ1) is 17.5. The zero-order valence-corrected chi connectivity index (χ0v) is 15.0.